The maximum absolute atomic E-state index is 12.8. The fourth-order valence-corrected chi connectivity index (χ4v) is 3.76. The largest absolute Gasteiger partial charge is 0.464 e. The molecule has 2 aromatic heterocycles. The van der Waals surface area contributed by atoms with Gasteiger partial charge in [-0.25, -0.2) is 0 Å². The second-order valence-corrected chi connectivity index (χ2v) is 5.96. The first-order chi connectivity index (χ1) is 9.12. The minimum Gasteiger partial charge on any atom is -0.464 e. The van der Waals surface area contributed by atoms with Gasteiger partial charge in [-0.2, -0.15) is 0 Å². The number of nitrogens with one attached hydrogen (secondary N) is 1. The maximum atomic E-state index is 12.8. The summed E-state index contributed by atoms with van der Waals surface area (Å²) in [5, 5.41) is 0. The molecule has 2 heterocycles. The van der Waals surface area contributed by atoms with Crippen molar-refractivity contribution in [3.63, 3.8) is 0 Å². The average molecular weight is 283 g/mol. The van der Waals surface area contributed by atoms with E-state index in [4.69, 9.17) is 13.5 Å². The minimum atomic E-state index is -3.35. The molecule has 0 unspecified atom stereocenters. The van der Waals surface area contributed by atoms with Crippen LogP contribution in [0.2, 0.25) is 0 Å². The Labute approximate surface area is 112 Å². The Morgan fingerprint density at radius 3 is 2.53 bits per heavy atom. The van der Waals surface area contributed by atoms with Crippen LogP contribution in [-0.2, 0) is 13.6 Å². The molecule has 0 atom stereocenters. The van der Waals surface area contributed by atoms with Crippen molar-refractivity contribution in [2.75, 3.05) is 13.2 Å². The van der Waals surface area contributed by atoms with Gasteiger partial charge in [-0.3, -0.25) is 4.57 Å². The molecule has 5 nitrogen and oxygen atoms in total. The first-order valence-corrected chi connectivity index (χ1v) is 7.78. The van der Waals surface area contributed by atoms with Gasteiger partial charge in [0.2, 0.25) is 0 Å². The maximum Gasteiger partial charge on any atom is 0.378 e. The Hall–Kier alpha value is -1.29. The van der Waals surface area contributed by atoms with Crippen LogP contribution in [0.1, 0.15) is 19.4 Å². The molecule has 1 N–H and O–H groups in total. The van der Waals surface area contributed by atoms with Gasteiger partial charge in [-0.05, 0) is 38.5 Å². The fourth-order valence-electron chi connectivity index (χ4n) is 1.96. The van der Waals surface area contributed by atoms with Gasteiger partial charge in [0.25, 0.3) is 0 Å². The Balaban J connectivity index is 2.53. The standard InChI is InChI=1S/C13H18NO4P/c1-4-17-19(15,18-5-2)13-12(10(3)9-14-13)11-7-6-8-16-11/h6-9,14H,4-5H2,1-3H3. The lowest BCUT2D eigenvalue weighted by atomic mass is 10.2. The molecular formula is C13H18NO4P. The number of H-pyrrole nitrogens is 1. The van der Waals surface area contributed by atoms with Crippen molar-refractivity contribution in [2.24, 2.45) is 0 Å². The lowest BCUT2D eigenvalue weighted by molar-refractivity contribution is 0.229. The Kier molecular flexibility index (Phi) is 4.30. The zero-order valence-corrected chi connectivity index (χ0v) is 12.2. The number of aromatic amines is 1. The molecule has 2 rings (SSSR count). The van der Waals surface area contributed by atoms with E-state index in [2.05, 4.69) is 4.98 Å². The van der Waals surface area contributed by atoms with Gasteiger partial charge >= 0.3 is 7.60 Å². The van der Waals surface area contributed by atoms with Crippen molar-refractivity contribution in [3.05, 3.63) is 30.2 Å². The lowest BCUT2D eigenvalue weighted by Gasteiger charge is -2.17. The van der Waals surface area contributed by atoms with Crippen LogP contribution < -0.4 is 5.44 Å². The van der Waals surface area contributed by atoms with E-state index in [0.29, 0.717) is 24.4 Å². The van der Waals surface area contributed by atoms with Gasteiger partial charge in [0.15, 0.2) is 0 Å². The van der Waals surface area contributed by atoms with Gasteiger partial charge in [0, 0.05) is 6.20 Å². The van der Waals surface area contributed by atoms with Crippen molar-refractivity contribution < 1.29 is 18.0 Å². The molecule has 0 aliphatic heterocycles. The zero-order valence-electron chi connectivity index (χ0n) is 11.3. The van der Waals surface area contributed by atoms with Crippen molar-refractivity contribution >= 4 is 13.0 Å². The van der Waals surface area contributed by atoms with Crippen molar-refractivity contribution in [1.29, 1.82) is 0 Å². The van der Waals surface area contributed by atoms with E-state index in [9.17, 15) is 4.57 Å². The smallest absolute Gasteiger partial charge is 0.378 e. The Morgan fingerprint density at radius 2 is 2.00 bits per heavy atom. The zero-order chi connectivity index (χ0) is 13.9. The first-order valence-electron chi connectivity index (χ1n) is 6.24. The van der Waals surface area contributed by atoms with E-state index >= 15 is 0 Å². The van der Waals surface area contributed by atoms with Gasteiger partial charge < -0.3 is 18.4 Å². The van der Waals surface area contributed by atoms with E-state index in [0.717, 1.165) is 11.1 Å². The third-order valence-electron chi connectivity index (χ3n) is 2.70. The van der Waals surface area contributed by atoms with Gasteiger partial charge in [0.05, 0.1) is 25.0 Å². The molecule has 2 aromatic rings. The van der Waals surface area contributed by atoms with Gasteiger partial charge in [-0.15, -0.1) is 0 Å². The molecule has 19 heavy (non-hydrogen) atoms. The normalized spacial score (nSPS) is 11.9. The second-order valence-electron chi connectivity index (χ2n) is 4.01. The van der Waals surface area contributed by atoms with E-state index < -0.39 is 7.60 Å². The molecule has 0 aliphatic rings. The second kappa shape index (κ2) is 5.78. The SMILES string of the molecule is CCOP(=O)(OCC)c1[nH]cc(C)c1-c1ccco1. The molecule has 0 aliphatic carbocycles. The lowest BCUT2D eigenvalue weighted by Crippen LogP contribution is -2.14. The summed E-state index contributed by atoms with van der Waals surface area (Å²) >= 11 is 0. The highest BCUT2D eigenvalue weighted by molar-refractivity contribution is 7.62. The van der Waals surface area contributed by atoms with Crippen LogP contribution in [0.5, 0.6) is 0 Å². The van der Waals surface area contributed by atoms with E-state index in [1.807, 2.05) is 13.0 Å². The van der Waals surface area contributed by atoms with Crippen LogP contribution in [0.15, 0.2) is 29.0 Å². The van der Waals surface area contributed by atoms with E-state index in [1.165, 1.54) is 0 Å². The monoisotopic (exact) mass is 283 g/mol. The third kappa shape index (κ3) is 2.68. The van der Waals surface area contributed by atoms with Crippen LogP contribution in [0.25, 0.3) is 11.3 Å². The first kappa shape index (κ1) is 14.1. The highest BCUT2D eigenvalue weighted by Gasteiger charge is 2.33. The Bertz CT molecular complexity index is 563. The third-order valence-corrected chi connectivity index (χ3v) is 4.79. The van der Waals surface area contributed by atoms with E-state index in [-0.39, 0.29) is 0 Å². The van der Waals surface area contributed by atoms with Crippen molar-refractivity contribution in [2.45, 2.75) is 20.8 Å². The molecule has 0 spiro atoms. The number of aromatic nitrogens is 1. The highest BCUT2D eigenvalue weighted by atomic mass is 31.2. The van der Waals surface area contributed by atoms with Crippen LogP contribution >= 0.6 is 7.60 Å². The summed E-state index contributed by atoms with van der Waals surface area (Å²) in [5.74, 6) is 0.647. The molecule has 0 saturated heterocycles. The van der Waals surface area contributed by atoms with Crippen LogP contribution in [-0.4, -0.2) is 18.2 Å². The molecule has 0 radical (unpaired) electrons. The van der Waals surface area contributed by atoms with Crippen LogP contribution in [0, 0.1) is 6.92 Å². The molecule has 6 heteroatoms. The summed E-state index contributed by atoms with van der Waals surface area (Å²) in [7, 11) is -3.35. The molecule has 0 aromatic carbocycles. The summed E-state index contributed by atoms with van der Waals surface area (Å²) < 4.78 is 29.0. The predicted octanol–water partition coefficient (Wildman–Crippen LogP) is 3.47. The molecule has 0 amide bonds. The summed E-state index contributed by atoms with van der Waals surface area (Å²) in [6, 6.07) is 3.61. The molecular weight excluding hydrogens is 265 g/mol. The number of hydrogen-bond donors (Lipinski definition) is 1. The summed E-state index contributed by atoms with van der Waals surface area (Å²) in [6.45, 7) is 6.11. The van der Waals surface area contributed by atoms with E-state index in [1.54, 1.807) is 32.4 Å². The number of hydrogen-bond acceptors (Lipinski definition) is 4. The molecule has 0 fully saturated rings. The average Bonchev–Trinajstić information content (AvgIpc) is 2.98. The summed E-state index contributed by atoms with van der Waals surface area (Å²) in [4.78, 5) is 3.00. The minimum absolute atomic E-state index is 0.312. The summed E-state index contributed by atoms with van der Waals surface area (Å²) in [6.07, 6.45) is 3.36. The number of aryl methyl sites for hydroxylation is 1. The predicted molar refractivity (Wildman–Crippen MR) is 73.7 cm³/mol. The Morgan fingerprint density at radius 1 is 1.32 bits per heavy atom. The van der Waals surface area contributed by atoms with Gasteiger partial charge in [-0.1, -0.05) is 0 Å². The molecule has 0 bridgehead atoms. The summed E-state index contributed by atoms with van der Waals surface area (Å²) in [5.41, 5.74) is 2.13. The van der Waals surface area contributed by atoms with Crippen molar-refractivity contribution in [3.8, 4) is 11.3 Å². The highest BCUT2D eigenvalue weighted by Crippen LogP contribution is 2.49. The quantitative estimate of drug-likeness (QED) is 0.824. The number of furan rings is 1. The van der Waals surface area contributed by atoms with Crippen molar-refractivity contribution in [1.82, 2.24) is 4.98 Å². The van der Waals surface area contributed by atoms with Crippen LogP contribution in [0.4, 0.5) is 0 Å². The topological polar surface area (TPSA) is 64.5 Å². The van der Waals surface area contributed by atoms with Gasteiger partial charge in [0.1, 0.15) is 11.2 Å². The van der Waals surface area contributed by atoms with Crippen LogP contribution in [0.3, 0.4) is 0 Å². The molecule has 104 valence electrons. The fraction of sp³-hybridized carbons (Fsp3) is 0.385. The molecule has 0 saturated carbocycles. The number of rotatable bonds is 6.